The molecule has 0 saturated heterocycles. The van der Waals surface area contributed by atoms with Gasteiger partial charge in [0.15, 0.2) is 0 Å². The third-order valence-electron chi connectivity index (χ3n) is 2.56. The van der Waals surface area contributed by atoms with E-state index in [1.807, 2.05) is 6.92 Å². The van der Waals surface area contributed by atoms with Crippen LogP contribution in [0.15, 0.2) is 0 Å². The number of carbonyl (C=O) groups excluding carboxylic acids is 1. The highest BCUT2D eigenvalue weighted by atomic mass is 16.4. The van der Waals surface area contributed by atoms with E-state index in [1.54, 1.807) is 0 Å². The van der Waals surface area contributed by atoms with Gasteiger partial charge in [-0.1, -0.05) is 12.8 Å². The largest absolute Gasteiger partial charge is 0.481 e. The van der Waals surface area contributed by atoms with Crippen LogP contribution in [0.2, 0.25) is 0 Å². The highest BCUT2D eigenvalue weighted by molar-refractivity contribution is 5.76. The number of carboxylic acid groups (broad SMARTS) is 1. The smallest absolute Gasteiger partial charge is 0.303 e. The predicted octanol–water partition coefficient (Wildman–Crippen LogP) is 1.27. The van der Waals surface area contributed by atoms with Gasteiger partial charge >= 0.3 is 5.97 Å². The molecule has 1 atom stereocenters. The van der Waals surface area contributed by atoms with Gasteiger partial charge in [-0.3, -0.25) is 9.59 Å². The normalized spacial score (nSPS) is 12.1. The molecule has 0 aromatic heterocycles. The fourth-order valence-electron chi connectivity index (χ4n) is 1.54. The van der Waals surface area contributed by atoms with E-state index >= 15 is 0 Å². The summed E-state index contributed by atoms with van der Waals surface area (Å²) < 4.78 is 0. The first-order valence-corrected chi connectivity index (χ1v) is 6.27. The monoisotopic (exact) mass is 244 g/mol. The van der Waals surface area contributed by atoms with Crippen molar-refractivity contribution in [3.63, 3.8) is 0 Å². The van der Waals surface area contributed by atoms with E-state index in [2.05, 4.69) is 5.32 Å². The quantitative estimate of drug-likeness (QED) is 0.504. The van der Waals surface area contributed by atoms with Gasteiger partial charge in [0.1, 0.15) is 0 Å². The van der Waals surface area contributed by atoms with Crippen LogP contribution in [0.5, 0.6) is 0 Å². The molecular weight excluding hydrogens is 220 g/mol. The molecule has 0 aromatic carbocycles. The van der Waals surface area contributed by atoms with Crippen molar-refractivity contribution >= 4 is 11.9 Å². The molecule has 0 aromatic rings. The summed E-state index contributed by atoms with van der Waals surface area (Å²) in [5.74, 6) is -0.816. The maximum absolute atomic E-state index is 11.4. The van der Waals surface area contributed by atoms with Gasteiger partial charge in [-0.15, -0.1) is 0 Å². The molecule has 5 nitrogen and oxygen atoms in total. The average molecular weight is 244 g/mol. The first-order chi connectivity index (χ1) is 8.06. The van der Waals surface area contributed by atoms with Crippen molar-refractivity contribution in [2.24, 2.45) is 5.73 Å². The van der Waals surface area contributed by atoms with Gasteiger partial charge in [-0.05, 0) is 32.7 Å². The highest BCUT2D eigenvalue weighted by Gasteiger charge is 2.08. The third-order valence-corrected chi connectivity index (χ3v) is 2.56. The first-order valence-electron chi connectivity index (χ1n) is 6.27. The molecule has 17 heavy (non-hydrogen) atoms. The minimum atomic E-state index is -0.826. The van der Waals surface area contributed by atoms with Gasteiger partial charge in [0.25, 0.3) is 0 Å². The summed E-state index contributed by atoms with van der Waals surface area (Å²) in [5, 5.41) is 11.3. The summed E-state index contributed by atoms with van der Waals surface area (Å²) in [6.45, 7) is 2.54. The first kappa shape index (κ1) is 15.9. The Kier molecular flexibility index (Phi) is 9.43. The molecule has 0 fully saturated rings. The van der Waals surface area contributed by atoms with Crippen LogP contribution in [-0.2, 0) is 9.59 Å². The second kappa shape index (κ2) is 10.1. The molecule has 0 heterocycles. The minimum absolute atomic E-state index is 0.00985. The molecule has 0 spiro atoms. The van der Waals surface area contributed by atoms with Crippen LogP contribution in [0.1, 0.15) is 51.9 Å². The SMILES string of the molecule is CC(CCC(=O)O)NC(=O)CCCCCCN. The van der Waals surface area contributed by atoms with Crippen molar-refractivity contribution in [3.05, 3.63) is 0 Å². The van der Waals surface area contributed by atoms with Crippen LogP contribution in [-0.4, -0.2) is 29.6 Å². The zero-order valence-electron chi connectivity index (χ0n) is 10.6. The van der Waals surface area contributed by atoms with E-state index in [-0.39, 0.29) is 18.4 Å². The highest BCUT2D eigenvalue weighted by Crippen LogP contribution is 2.03. The van der Waals surface area contributed by atoms with Crippen molar-refractivity contribution in [1.82, 2.24) is 5.32 Å². The van der Waals surface area contributed by atoms with Crippen LogP contribution in [0.4, 0.5) is 0 Å². The Labute approximate surface area is 103 Å². The zero-order chi connectivity index (χ0) is 13.1. The predicted molar refractivity (Wildman–Crippen MR) is 66.6 cm³/mol. The Morgan fingerprint density at radius 2 is 1.82 bits per heavy atom. The number of nitrogens with one attached hydrogen (secondary N) is 1. The molecule has 0 aliphatic rings. The van der Waals surface area contributed by atoms with Crippen LogP contribution in [0, 0.1) is 0 Å². The van der Waals surface area contributed by atoms with Crippen molar-refractivity contribution < 1.29 is 14.7 Å². The van der Waals surface area contributed by atoms with Crippen LogP contribution >= 0.6 is 0 Å². The Balaban J connectivity index is 3.47. The third kappa shape index (κ3) is 11.2. The van der Waals surface area contributed by atoms with Crippen molar-refractivity contribution in [2.75, 3.05) is 6.54 Å². The molecule has 0 saturated carbocycles. The van der Waals surface area contributed by atoms with Crippen molar-refractivity contribution in [1.29, 1.82) is 0 Å². The van der Waals surface area contributed by atoms with Crippen molar-refractivity contribution in [2.45, 2.75) is 57.9 Å². The number of carboxylic acids is 1. The summed E-state index contributed by atoms with van der Waals surface area (Å²) in [6.07, 6.45) is 5.06. The van der Waals surface area contributed by atoms with Gasteiger partial charge in [-0.2, -0.15) is 0 Å². The van der Waals surface area contributed by atoms with Crippen molar-refractivity contribution in [3.8, 4) is 0 Å². The second-order valence-electron chi connectivity index (χ2n) is 4.35. The Hall–Kier alpha value is -1.10. The van der Waals surface area contributed by atoms with E-state index in [0.717, 1.165) is 25.7 Å². The van der Waals surface area contributed by atoms with E-state index < -0.39 is 5.97 Å². The van der Waals surface area contributed by atoms with Gasteiger partial charge in [0.2, 0.25) is 5.91 Å². The Morgan fingerprint density at radius 3 is 2.41 bits per heavy atom. The lowest BCUT2D eigenvalue weighted by Crippen LogP contribution is -2.32. The molecule has 0 aliphatic heterocycles. The number of rotatable bonds is 10. The van der Waals surface area contributed by atoms with E-state index in [1.165, 1.54) is 0 Å². The topological polar surface area (TPSA) is 92.4 Å². The maximum atomic E-state index is 11.4. The maximum Gasteiger partial charge on any atom is 0.303 e. The lowest BCUT2D eigenvalue weighted by atomic mass is 10.1. The number of hydrogen-bond acceptors (Lipinski definition) is 3. The average Bonchev–Trinajstić information content (AvgIpc) is 2.26. The summed E-state index contributed by atoms with van der Waals surface area (Å²) in [4.78, 5) is 21.8. The number of nitrogens with two attached hydrogens (primary N) is 1. The molecule has 1 amide bonds. The number of unbranched alkanes of at least 4 members (excludes halogenated alkanes) is 3. The summed E-state index contributed by atoms with van der Waals surface area (Å²) in [7, 11) is 0. The van der Waals surface area contributed by atoms with Crippen LogP contribution in [0.25, 0.3) is 0 Å². The number of amides is 1. The Morgan fingerprint density at radius 1 is 1.18 bits per heavy atom. The van der Waals surface area contributed by atoms with Gasteiger partial charge in [0.05, 0.1) is 0 Å². The molecule has 4 N–H and O–H groups in total. The zero-order valence-corrected chi connectivity index (χ0v) is 10.6. The molecule has 5 heteroatoms. The lowest BCUT2D eigenvalue weighted by molar-refractivity contribution is -0.137. The lowest BCUT2D eigenvalue weighted by Gasteiger charge is -2.12. The minimum Gasteiger partial charge on any atom is -0.481 e. The standard InChI is InChI=1S/C12H24N2O3/c1-10(7-8-12(16)17)14-11(15)6-4-2-3-5-9-13/h10H,2-9,13H2,1H3,(H,14,15)(H,16,17). The molecule has 0 bridgehead atoms. The molecule has 0 aliphatic carbocycles. The second-order valence-corrected chi connectivity index (χ2v) is 4.35. The summed E-state index contributed by atoms with van der Waals surface area (Å²) in [5.41, 5.74) is 5.37. The Bertz CT molecular complexity index is 232. The van der Waals surface area contributed by atoms with E-state index in [4.69, 9.17) is 10.8 Å². The number of aliphatic carboxylic acids is 1. The molecular formula is C12H24N2O3. The molecule has 0 radical (unpaired) electrons. The van der Waals surface area contributed by atoms with Gasteiger partial charge < -0.3 is 16.2 Å². The van der Waals surface area contributed by atoms with E-state index in [9.17, 15) is 9.59 Å². The fourth-order valence-corrected chi connectivity index (χ4v) is 1.54. The summed E-state index contributed by atoms with van der Waals surface area (Å²) >= 11 is 0. The van der Waals surface area contributed by atoms with E-state index in [0.29, 0.717) is 19.4 Å². The molecule has 100 valence electrons. The van der Waals surface area contributed by atoms with Gasteiger partial charge in [-0.25, -0.2) is 0 Å². The fraction of sp³-hybridized carbons (Fsp3) is 0.833. The molecule has 1 unspecified atom stereocenters. The summed E-state index contributed by atoms with van der Waals surface area (Å²) in [6, 6.07) is -0.0670. The van der Waals surface area contributed by atoms with Crippen LogP contribution in [0.3, 0.4) is 0 Å². The molecule has 0 rings (SSSR count). The number of hydrogen-bond donors (Lipinski definition) is 3. The number of carbonyl (C=O) groups is 2. The van der Waals surface area contributed by atoms with Gasteiger partial charge in [0, 0.05) is 18.9 Å². The van der Waals surface area contributed by atoms with Crippen LogP contribution < -0.4 is 11.1 Å².